The number of aromatic nitrogens is 1. The predicted octanol–water partition coefficient (Wildman–Crippen LogP) is 5.04. The zero-order valence-electron chi connectivity index (χ0n) is 16.3. The number of nitrogens with one attached hydrogen (secondary N) is 1. The van der Waals surface area contributed by atoms with E-state index in [1.165, 1.54) is 0 Å². The lowest BCUT2D eigenvalue weighted by atomic mass is 10.0. The first-order valence-electron chi connectivity index (χ1n) is 9.39. The van der Waals surface area contributed by atoms with Crippen molar-refractivity contribution >= 4 is 29.0 Å². The molecule has 31 heavy (non-hydrogen) atoms. The Balaban J connectivity index is 1.69. The first kappa shape index (κ1) is 20.3. The van der Waals surface area contributed by atoms with Crippen LogP contribution in [0.4, 0.5) is 5.69 Å². The Morgan fingerprint density at radius 3 is 2.06 bits per heavy atom. The molecular weight excluding hydrogens is 414 g/mol. The highest BCUT2D eigenvalue weighted by atomic mass is 35.5. The molecule has 154 valence electrons. The molecular formula is C24H18ClN3O3. The van der Waals surface area contributed by atoms with E-state index in [0.29, 0.717) is 33.3 Å². The average molecular weight is 432 g/mol. The Morgan fingerprint density at radius 2 is 1.45 bits per heavy atom. The van der Waals surface area contributed by atoms with Gasteiger partial charge in [0.1, 0.15) is 17.2 Å². The van der Waals surface area contributed by atoms with E-state index in [1.807, 2.05) is 30.3 Å². The number of nitrogen functional groups attached to an aromatic ring is 1. The number of halogens is 1. The first-order valence-corrected chi connectivity index (χ1v) is 9.76. The van der Waals surface area contributed by atoms with Gasteiger partial charge in [0, 0.05) is 10.6 Å². The van der Waals surface area contributed by atoms with Crippen molar-refractivity contribution in [2.75, 3.05) is 5.73 Å². The standard InChI is InChI=1S/C24H18ClN3O3/c25-16-10-6-15(7-11-16)23(29)22-20(26)19(24(27)30)21(28-22)14-8-12-18(13-9-14)31-17-4-2-1-3-5-17/h1-13,28H,26H2,(H2,27,30). The summed E-state index contributed by atoms with van der Waals surface area (Å²) in [5, 5.41) is 0.507. The van der Waals surface area contributed by atoms with Crippen LogP contribution in [0.3, 0.4) is 0 Å². The van der Waals surface area contributed by atoms with E-state index < -0.39 is 5.91 Å². The Morgan fingerprint density at radius 1 is 0.839 bits per heavy atom. The summed E-state index contributed by atoms with van der Waals surface area (Å²) >= 11 is 5.89. The second-order valence-electron chi connectivity index (χ2n) is 6.80. The molecule has 0 saturated carbocycles. The summed E-state index contributed by atoms with van der Waals surface area (Å²) < 4.78 is 5.79. The fourth-order valence-corrected chi connectivity index (χ4v) is 3.35. The number of carbonyl (C=O) groups excluding carboxylic acids is 2. The van der Waals surface area contributed by atoms with Crippen molar-refractivity contribution in [2.24, 2.45) is 5.73 Å². The minimum Gasteiger partial charge on any atom is -0.457 e. The summed E-state index contributed by atoms with van der Waals surface area (Å²) in [4.78, 5) is 28.0. The number of rotatable bonds is 6. The molecule has 0 unspecified atom stereocenters. The lowest BCUT2D eigenvalue weighted by Crippen LogP contribution is -2.14. The third-order valence-electron chi connectivity index (χ3n) is 4.74. The van der Waals surface area contributed by atoms with Gasteiger partial charge in [-0.2, -0.15) is 0 Å². The third-order valence-corrected chi connectivity index (χ3v) is 4.99. The molecule has 0 fully saturated rings. The zero-order valence-corrected chi connectivity index (χ0v) is 17.0. The lowest BCUT2D eigenvalue weighted by molar-refractivity contribution is 0.100. The van der Waals surface area contributed by atoms with Gasteiger partial charge < -0.3 is 21.2 Å². The van der Waals surface area contributed by atoms with Gasteiger partial charge >= 0.3 is 0 Å². The molecule has 1 heterocycles. The molecule has 3 aromatic carbocycles. The van der Waals surface area contributed by atoms with Gasteiger partial charge in [-0.15, -0.1) is 0 Å². The summed E-state index contributed by atoms with van der Waals surface area (Å²) in [7, 11) is 0. The number of carbonyl (C=O) groups is 2. The molecule has 0 aliphatic rings. The van der Waals surface area contributed by atoms with Crippen LogP contribution in [-0.4, -0.2) is 16.7 Å². The van der Waals surface area contributed by atoms with E-state index in [0.717, 1.165) is 0 Å². The molecule has 0 aliphatic heterocycles. The van der Waals surface area contributed by atoms with E-state index >= 15 is 0 Å². The maximum absolute atomic E-state index is 12.9. The van der Waals surface area contributed by atoms with Gasteiger partial charge in [0.25, 0.3) is 5.91 Å². The van der Waals surface area contributed by atoms with E-state index in [-0.39, 0.29) is 22.7 Å². The highest BCUT2D eigenvalue weighted by Gasteiger charge is 2.25. The van der Waals surface area contributed by atoms with Gasteiger partial charge in [-0.1, -0.05) is 29.8 Å². The van der Waals surface area contributed by atoms with E-state index in [4.69, 9.17) is 27.8 Å². The largest absolute Gasteiger partial charge is 0.457 e. The molecule has 4 rings (SSSR count). The summed E-state index contributed by atoms with van der Waals surface area (Å²) in [5.74, 6) is 0.219. The topological polar surface area (TPSA) is 111 Å². The number of primary amides is 1. The molecule has 6 nitrogen and oxygen atoms in total. The predicted molar refractivity (Wildman–Crippen MR) is 121 cm³/mol. The van der Waals surface area contributed by atoms with Crippen LogP contribution < -0.4 is 16.2 Å². The van der Waals surface area contributed by atoms with Crippen LogP contribution in [-0.2, 0) is 0 Å². The minimum absolute atomic E-state index is 0.00654. The zero-order chi connectivity index (χ0) is 22.0. The second kappa shape index (κ2) is 8.38. The van der Waals surface area contributed by atoms with Crippen LogP contribution >= 0.6 is 11.6 Å². The van der Waals surface area contributed by atoms with Crippen molar-refractivity contribution in [3.63, 3.8) is 0 Å². The maximum Gasteiger partial charge on any atom is 0.253 e. The second-order valence-corrected chi connectivity index (χ2v) is 7.24. The highest BCUT2D eigenvalue weighted by Crippen LogP contribution is 2.33. The van der Waals surface area contributed by atoms with E-state index in [2.05, 4.69) is 4.98 Å². The Bertz CT molecular complexity index is 1250. The van der Waals surface area contributed by atoms with Gasteiger partial charge in [-0.05, 0) is 66.2 Å². The van der Waals surface area contributed by atoms with Crippen molar-refractivity contribution < 1.29 is 14.3 Å². The van der Waals surface area contributed by atoms with Gasteiger partial charge in [0.15, 0.2) is 0 Å². The summed E-state index contributed by atoms with van der Waals surface area (Å²) in [5.41, 5.74) is 13.3. The van der Waals surface area contributed by atoms with Crippen molar-refractivity contribution in [3.8, 4) is 22.8 Å². The average Bonchev–Trinajstić information content (AvgIpc) is 3.12. The number of aromatic amines is 1. The number of ketones is 1. The fourth-order valence-electron chi connectivity index (χ4n) is 3.23. The van der Waals surface area contributed by atoms with Crippen LogP contribution in [0.1, 0.15) is 26.4 Å². The molecule has 0 saturated heterocycles. The number of benzene rings is 3. The molecule has 0 atom stereocenters. The SMILES string of the molecule is NC(=O)c1c(-c2ccc(Oc3ccccc3)cc2)[nH]c(C(=O)c2ccc(Cl)cc2)c1N. The van der Waals surface area contributed by atoms with E-state index in [1.54, 1.807) is 48.5 Å². The molecule has 5 N–H and O–H groups in total. The molecule has 0 radical (unpaired) electrons. The molecule has 0 bridgehead atoms. The Kier molecular flexibility index (Phi) is 5.47. The summed E-state index contributed by atoms with van der Waals surface area (Å²) in [6.45, 7) is 0. The Labute approximate surface area is 183 Å². The lowest BCUT2D eigenvalue weighted by Gasteiger charge is -2.07. The normalized spacial score (nSPS) is 10.6. The third kappa shape index (κ3) is 4.15. The van der Waals surface area contributed by atoms with Gasteiger partial charge in [0.05, 0.1) is 16.9 Å². The highest BCUT2D eigenvalue weighted by molar-refractivity contribution is 6.30. The molecule has 0 aliphatic carbocycles. The minimum atomic E-state index is -0.733. The molecule has 1 amide bonds. The van der Waals surface area contributed by atoms with Crippen LogP contribution in [0.25, 0.3) is 11.3 Å². The Hall–Kier alpha value is -4.03. The number of ether oxygens (including phenoxy) is 1. The molecule has 0 spiro atoms. The number of amides is 1. The van der Waals surface area contributed by atoms with Crippen LogP contribution in [0.5, 0.6) is 11.5 Å². The first-order chi connectivity index (χ1) is 14.9. The fraction of sp³-hybridized carbons (Fsp3) is 0. The van der Waals surface area contributed by atoms with Crippen molar-refractivity contribution in [3.05, 3.63) is 101 Å². The molecule has 1 aromatic heterocycles. The summed E-state index contributed by atoms with van der Waals surface area (Å²) in [6.07, 6.45) is 0. The van der Waals surface area contributed by atoms with Crippen LogP contribution in [0.2, 0.25) is 5.02 Å². The van der Waals surface area contributed by atoms with Gasteiger partial charge in [-0.3, -0.25) is 9.59 Å². The van der Waals surface area contributed by atoms with E-state index in [9.17, 15) is 9.59 Å². The quantitative estimate of drug-likeness (QED) is 0.371. The van der Waals surface area contributed by atoms with Gasteiger partial charge in [0.2, 0.25) is 5.78 Å². The number of H-pyrrole nitrogens is 1. The van der Waals surface area contributed by atoms with Crippen molar-refractivity contribution in [2.45, 2.75) is 0 Å². The number of nitrogens with two attached hydrogens (primary N) is 2. The molecule has 4 aromatic rings. The number of para-hydroxylation sites is 1. The number of hydrogen-bond acceptors (Lipinski definition) is 4. The smallest absolute Gasteiger partial charge is 0.253 e. The van der Waals surface area contributed by atoms with Crippen molar-refractivity contribution in [1.29, 1.82) is 0 Å². The van der Waals surface area contributed by atoms with Crippen molar-refractivity contribution in [1.82, 2.24) is 4.98 Å². The molecule has 7 heteroatoms. The van der Waals surface area contributed by atoms with Crippen LogP contribution in [0, 0.1) is 0 Å². The van der Waals surface area contributed by atoms with Crippen LogP contribution in [0.15, 0.2) is 78.9 Å². The maximum atomic E-state index is 12.9. The number of anilines is 1. The van der Waals surface area contributed by atoms with Gasteiger partial charge in [-0.25, -0.2) is 0 Å². The number of hydrogen-bond donors (Lipinski definition) is 3. The monoisotopic (exact) mass is 431 g/mol. The summed E-state index contributed by atoms with van der Waals surface area (Å²) in [6, 6.07) is 22.8.